The first-order valence-electron chi connectivity index (χ1n) is 10.3. The third kappa shape index (κ3) is 6.76. The number of hydrogen-bond acceptors (Lipinski definition) is 6. The number of carbonyl (C=O) groups excluding carboxylic acids is 2. The Morgan fingerprint density at radius 2 is 1.73 bits per heavy atom. The van der Waals surface area contributed by atoms with E-state index in [2.05, 4.69) is 10.6 Å². The molecule has 0 radical (unpaired) electrons. The summed E-state index contributed by atoms with van der Waals surface area (Å²) in [6, 6.07) is 10.1. The summed E-state index contributed by atoms with van der Waals surface area (Å²) < 4.78 is 45.6. The van der Waals surface area contributed by atoms with Crippen molar-refractivity contribution in [3.05, 3.63) is 53.8 Å². The van der Waals surface area contributed by atoms with Crippen LogP contribution in [0.1, 0.15) is 12.5 Å². The number of sulfonamides is 1. The Morgan fingerprint density at radius 3 is 2.39 bits per heavy atom. The molecule has 1 atom stereocenters. The molecule has 1 aliphatic rings. The number of ether oxygens (including phenoxy) is 1. The lowest BCUT2D eigenvalue weighted by molar-refractivity contribution is -0.115. The monoisotopic (exact) mass is 495 g/mol. The number of anilines is 2. The van der Waals surface area contributed by atoms with Crippen LogP contribution in [0.2, 0.25) is 0 Å². The van der Waals surface area contributed by atoms with Gasteiger partial charge in [-0.15, -0.1) is 11.8 Å². The van der Waals surface area contributed by atoms with E-state index in [1.54, 1.807) is 26.0 Å². The number of nitrogens with zero attached hydrogens (tertiary/aromatic N) is 1. The van der Waals surface area contributed by atoms with Gasteiger partial charge in [-0.05, 0) is 55.8 Å². The average molecular weight is 496 g/mol. The normalized spacial score (nSPS) is 15.6. The molecule has 8 nitrogen and oxygen atoms in total. The molecule has 1 heterocycles. The minimum atomic E-state index is -3.70. The highest BCUT2D eigenvalue weighted by Crippen LogP contribution is 2.25. The number of benzene rings is 2. The first kappa shape index (κ1) is 25.2. The van der Waals surface area contributed by atoms with Crippen molar-refractivity contribution in [3.8, 4) is 0 Å². The van der Waals surface area contributed by atoms with E-state index in [0.717, 1.165) is 11.8 Å². The van der Waals surface area contributed by atoms with Crippen LogP contribution in [0.5, 0.6) is 0 Å². The Balaban J connectivity index is 1.58. The number of carbonyl (C=O) groups is 2. The molecule has 0 aliphatic carbocycles. The average Bonchev–Trinajstić information content (AvgIpc) is 2.80. The standard InChI is InChI=1S/C22H26FN3O5S2/c1-15-3-6-19(13-20(15)33(29,30)26-9-11-31-12-10-26)25-22(28)16(2)32-14-21(27)24-18-7-4-17(23)5-8-18/h3-8,13,16H,9-12,14H2,1-2H3,(H,24,27)(H,25,28)/t16-/m1/s1. The first-order valence-corrected chi connectivity index (χ1v) is 12.8. The van der Waals surface area contributed by atoms with Crippen molar-refractivity contribution >= 4 is 45.0 Å². The van der Waals surface area contributed by atoms with Crippen LogP contribution in [0.25, 0.3) is 0 Å². The lowest BCUT2D eigenvalue weighted by Crippen LogP contribution is -2.40. The van der Waals surface area contributed by atoms with E-state index >= 15 is 0 Å². The number of rotatable bonds is 8. The van der Waals surface area contributed by atoms with Crippen LogP contribution in [0.15, 0.2) is 47.4 Å². The SMILES string of the molecule is Cc1ccc(NC(=O)[C@@H](C)SCC(=O)Nc2ccc(F)cc2)cc1S(=O)(=O)N1CCOCC1. The van der Waals surface area contributed by atoms with Gasteiger partial charge in [-0.3, -0.25) is 9.59 Å². The summed E-state index contributed by atoms with van der Waals surface area (Å²) in [6.07, 6.45) is 0. The van der Waals surface area contributed by atoms with E-state index in [-0.39, 0.29) is 35.6 Å². The van der Waals surface area contributed by atoms with Crippen molar-refractivity contribution in [3.63, 3.8) is 0 Å². The van der Waals surface area contributed by atoms with Crippen molar-refractivity contribution < 1.29 is 27.1 Å². The lowest BCUT2D eigenvalue weighted by Gasteiger charge is -2.27. The second kappa shape index (κ2) is 11.1. The number of nitrogens with one attached hydrogen (secondary N) is 2. The fourth-order valence-corrected chi connectivity index (χ4v) is 5.47. The lowest BCUT2D eigenvalue weighted by atomic mass is 10.2. The highest BCUT2D eigenvalue weighted by atomic mass is 32.2. The van der Waals surface area contributed by atoms with E-state index in [1.165, 1.54) is 34.6 Å². The van der Waals surface area contributed by atoms with Gasteiger partial charge in [0.1, 0.15) is 5.82 Å². The molecule has 1 fully saturated rings. The Labute approximate surface area is 196 Å². The van der Waals surface area contributed by atoms with Crippen LogP contribution >= 0.6 is 11.8 Å². The molecule has 11 heteroatoms. The second-order valence-electron chi connectivity index (χ2n) is 7.49. The summed E-state index contributed by atoms with van der Waals surface area (Å²) in [7, 11) is -3.70. The number of thioether (sulfide) groups is 1. The van der Waals surface area contributed by atoms with Crippen LogP contribution < -0.4 is 10.6 Å². The topological polar surface area (TPSA) is 105 Å². The minimum Gasteiger partial charge on any atom is -0.379 e. The highest BCUT2D eigenvalue weighted by Gasteiger charge is 2.28. The van der Waals surface area contributed by atoms with Crippen LogP contribution in [-0.4, -0.2) is 61.8 Å². The summed E-state index contributed by atoms with van der Waals surface area (Å²) in [5.74, 6) is -1.05. The summed E-state index contributed by atoms with van der Waals surface area (Å²) in [6.45, 7) is 4.62. The predicted molar refractivity (Wildman–Crippen MR) is 126 cm³/mol. The molecule has 0 spiro atoms. The predicted octanol–water partition coefficient (Wildman–Crippen LogP) is 2.85. The Morgan fingerprint density at radius 1 is 1.09 bits per heavy atom. The number of morpholine rings is 1. The number of aryl methyl sites for hydroxylation is 1. The summed E-state index contributed by atoms with van der Waals surface area (Å²) in [5, 5.41) is 4.79. The molecule has 2 aromatic rings. The van der Waals surface area contributed by atoms with Gasteiger partial charge in [-0.2, -0.15) is 4.31 Å². The fourth-order valence-electron chi connectivity index (χ4n) is 3.13. The van der Waals surface area contributed by atoms with Crippen molar-refractivity contribution in [2.45, 2.75) is 24.0 Å². The molecule has 0 aromatic heterocycles. The van der Waals surface area contributed by atoms with Gasteiger partial charge in [-0.1, -0.05) is 6.07 Å². The molecule has 2 amide bonds. The molecule has 33 heavy (non-hydrogen) atoms. The van der Waals surface area contributed by atoms with Crippen molar-refractivity contribution in [2.24, 2.45) is 0 Å². The number of halogens is 1. The maximum Gasteiger partial charge on any atom is 0.243 e. The molecule has 1 saturated heterocycles. The van der Waals surface area contributed by atoms with Gasteiger partial charge in [0.2, 0.25) is 21.8 Å². The molecule has 2 N–H and O–H groups in total. The Kier molecular flexibility index (Phi) is 8.46. The van der Waals surface area contributed by atoms with Gasteiger partial charge in [-0.25, -0.2) is 12.8 Å². The van der Waals surface area contributed by atoms with Gasteiger partial charge in [0.05, 0.1) is 29.1 Å². The zero-order valence-electron chi connectivity index (χ0n) is 18.3. The fraction of sp³-hybridized carbons (Fsp3) is 0.364. The zero-order valence-corrected chi connectivity index (χ0v) is 20.0. The van der Waals surface area contributed by atoms with Crippen LogP contribution in [-0.2, 0) is 24.3 Å². The van der Waals surface area contributed by atoms with E-state index in [0.29, 0.717) is 30.2 Å². The van der Waals surface area contributed by atoms with E-state index < -0.39 is 21.1 Å². The molecule has 3 rings (SSSR count). The smallest absolute Gasteiger partial charge is 0.243 e. The number of amides is 2. The largest absolute Gasteiger partial charge is 0.379 e. The Hall–Kier alpha value is -2.47. The van der Waals surface area contributed by atoms with Gasteiger partial charge in [0.15, 0.2) is 0 Å². The quantitative estimate of drug-likeness (QED) is 0.584. The summed E-state index contributed by atoms with van der Waals surface area (Å²) >= 11 is 1.13. The molecule has 0 unspecified atom stereocenters. The third-order valence-electron chi connectivity index (χ3n) is 5.01. The molecular formula is C22H26FN3O5S2. The first-order chi connectivity index (χ1) is 15.7. The Bertz CT molecular complexity index is 1100. The van der Waals surface area contributed by atoms with Crippen molar-refractivity contribution in [1.29, 1.82) is 0 Å². The van der Waals surface area contributed by atoms with Crippen LogP contribution in [0.3, 0.4) is 0 Å². The second-order valence-corrected chi connectivity index (χ2v) is 10.7. The van der Waals surface area contributed by atoms with Crippen molar-refractivity contribution in [2.75, 3.05) is 42.7 Å². The minimum absolute atomic E-state index is 0.0243. The van der Waals surface area contributed by atoms with Gasteiger partial charge in [0, 0.05) is 24.5 Å². The number of hydrogen-bond donors (Lipinski definition) is 2. The molecule has 2 aromatic carbocycles. The maximum atomic E-state index is 13.0. The molecule has 0 bridgehead atoms. The zero-order chi connectivity index (χ0) is 24.0. The van der Waals surface area contributed by atoms with Crippen LogP contribution in [0.4, 0.5) is 15.8 Å². The summed E-state index contributed by atoms with van der Waals surface area (Å²) in [4.78, 5) is 24.8. The molecule has 178 valence electrons. The van der Waals surface area contributed by atoms with E-state index in [1.807, 2.05) is 0 Å². The van der Waals surface area contributed by atoms with E-state index in [9.17, 15) is 22.4 Å². The van der Waals surface area contributed by atoms with Gasteiger partial charge < -0.3 is 15.4 Å². The van der Waals surface area contributed by atoms with Gasteiger partial charge in [0.25, 0.3) is 0 Å². The molecular weight excluding hydrogens is 469 g/mol. The van der Waals surface area contributed by atoms with Gasteiger partial charge >= 0.3 is 0 Å². The molecule has 0 saturated carbocycles. The third-order valence-corrected chi connectivity index (χ3v) is 8.19. The highest BCUT2D eigenvalue weighted by molar-refractivity contribution is 8.01. The maximum absolute atomic E-state index is 13.0. The molecule has 1 aliphatic heterocycles. The van der Waals surface area contributed by atoms with Crippen LogP contribution in [0, 0.1) is 12.7 Å². The van der Waals surface area contributed by atoms with E-state index in [4.69, 9.17) is 4.74 Å². The van der Waals surface area contributed by atoms with Crippen molar-refractivity contribution in [1.82, 2.24) is 4.31 Å². The summed E-state index contributed by atoms with van der Waals surface area (Å²) in [5.41, 5.74) is 1.41.